The molecule has 1 aromatic rings. The van der Waals surface area contributed by atoms with Gasteiger partial charge in [0.25, 0.3) is 0 Å². The van der Waals surface area contributed by atoms with Gasteiger partial charge >= 0.3 is 6.80 Å². The molecule has 6 heteroatoms. The highest BCUT2D eigenvalue weighted by atomic mass is 32.7. The molecule has 0 unspecified atom stereocenters. The highest BCUT2D eigenvalue weighted by Crippen LogP contribution is 2.64. The van der Waals surface area contributed by atoms with Crippen molar-refractivity contribution in [1.29, 1.82) is 0 Å². The lowest BCUT2D eigenvalue weighted by atomic mass is 9.79. The van der Waals surface area contributed by atoms with Crippen molar-refractivity contribution in [2.45, 2.75) is 71.1 Å². The summed E-state index contributed by atoms with van der Waals surface area (Å²) in [4.78, 5) is 0.785. The number of hydrogen-bond acceptors (Lipinski definition) is 5. The maximum Gasteiger partial charge on any atom is 0.393 e. The topological polar surface area (TPSA) is 55.8 Å². The van der Waals surface area contributed by atoms with Crippen LogP contribution < -0.4 is 0 Å². The Labute approximate surface area is 150 Å². The third kappa shape index (κ3) is 5.52. The fourth-order valence-electron chi connectivity index (χ4n) is 2.34. The van der Waals surface area contributed by atoms with Gasteiger partial charge in [0.2, 0.25) is 0 Å². The van der Waals surface area contributed by atoms with Crippen LogP contribution in [0.2, 0.25) is 0 Å². The van der Waals surface area contributed by atoms with Crippen LogP contribution in [0.1, 0.15) is 66.5 Å². The van der Waals surface area contributed by atoms with Crippen molar-refractivity contribution >= 4 is 18.2 Å². The maximum atomic E-state index is 12.8. The number of hydrogen-bond donors (Lipinski definition) is 1. The summed E-state index contributed by atoms with van der Waals surface area (Å²) < 4.78 is 23.6. The monoisotopic (exact) mass is 374 g/mol. The SMILES string of the molecule is CCOP(=O)(OCC)Sc1cc(C(C)(C)C)c(O)c(C(C)(C)C)c1. The van der Waals surface area contributed by atoms with Crippen molar-refractivity contribution in [3.63, 3.8) is 0 Å². The molecular weight excluding hydrogens is 343 g/mol. The smallest absolute Gasteiger partial charge is 0.393 e. The molecule has 1 aromatic carbocycles. The van der Waals surface area contributed by atoms with Crippen molar-refractivity contribution in [3.8, 4) is 5.75 Å². The normalized spacial score (nSPS) is 13.3. The lowest BCUT2D eigenvalue weighted by Gasteiger charge is -2.28. The second-order valence-corrected chi connectivity index (χ2v) is 11.7. The van der Waals surface area contributed by atoms with Gasteiger partial charge in [-0.1, -0.05) is 41.5 Å². The Kier molecular flexibility index (Phi) is 7.03. The summed E-state index contributed by atoms with van der Waals surface area (Å²) in [5.41, 5.74) is 1.19. The molecule has 0 spiro atoms. The van der Waals surface area contributed by atoms with Gasteiger partial charge in [-0.25, -0.2) is 4.57 Å². The summed E-state index contributed by atoms with van der Waals surface area (Å²) in [6, 6.07) is 3.78. The lowest BCUT2D eigenvalue weighted by Crippen LogP contribution is -2.17. The van der Waals surface area contributed by atoms with Gasteiger partial charge in [-0.05, 0) is 48.2 Å². The molecule has 0 aliphatic heterocycles. The van der Waals surface area contributed by atoms with Crippen LogP contribution in [-0.2, 0) is 24.4 Å². The third-order valence-electron chi connectivity index (χ3n) is 3.49. The van der Waals surface area contributed by atoms with Crippen molar-refractivity contribution < 1.29 is 18.7 Å². The highest BCUT2D eigenvalue weighted by Gasteiger charge is 2.30. The summed E-state index contributed by atoms with van der Waals surface area (Å²) in [5, 5.41) is 10.7. The quantitative estimate of drug-likeness (QED) is 0.596. The van der Waals surface area contributed by atoms with Crippen LogP contribution in [-0.4, -0.2) is 18.3 Å². The van der Waals surface area contributed by atoms with Gasteiger partial charge in [-0.15, -0.1) is 0 Å². The van der Waals surface area contributed by atoms with Crippen LogP contribution in [0, 0.1) is 0 Å². The Bertz CT molecular complexity index is 569. The minimum Gasteiger partial charge on any atom is -0.507 e. The van der Waals surface area contributed by atoms with E-state index in [0.29, 0.717) is 19.0 Å². The number of phenols is 1. The molecule has 4 nitrogen and oxygen atoms in total. The zero-order valence-corrected chi connectivity index (χ0v) is 17.8. The fraction of sp³-hybridized carbons (Fsp3) is 0.667. The van der Waals surface area contributed by atoms with E-state index < -0.39 is 6.80 Å². The second kappa shape index (κ2) is 7.82. The minimum absolute atomic E-state index is 0.234. The first kappa shape index (κ1) is 21.6. The molecule has 1 rings (SSSR count). The van der Waals surface area contributed by atoms with Gasteiger partial charge in [-0.2, -0.15) is 0 Å². The van der Waals surface area contributed by atoms with E-state index in [0.717, 1.165) is 27.4 Å². The summed E-state index contributed by atoms with van der Waals surface area (Å²) in [7, 11) is 0. The van der Waals surface area contributed by atoms with Crippen LogP contribution in [0.25, 0.3) is 0 Å². The summed E-state index contributed by atoms with van der Waals surface area (Å²) in [5.74, 6) is 0.307. The molecule has 0 saturated heterocycles. The zero-order valence-electron chi connectivity index (χ0n) is 16.1. The molecule has 0 saturated carbocycles. The lowest BCUT2D eigenvalue weighted by molar-refractivity contribution is 0.237. The molecule has 0 atom stereocenters. The average Bonchev–Trinajstić information content (AvgIpc) is 2.38. The molecule has 0 aliphatic rings. The largest absolute Gasteiger partial charge is 0.507 e. The number of benzene rings is 1. The molecule has 0 bridgehead atoms. The van der Waals surface area contributed by atoms with E-state index in [1.165, 1.54) is 0 Å². The molecule has 0 amide bonds. The Hall–Kier alpha value is -0.480. The molecule has 0 fully saturated rings. The summed E-state index contributed by atoms with van der Waals surface area (Å²) >= 11 is 1.11. The predicted molar refractivity (Wildman–Crippen MR) is 102 cm³/mol. The summed E-state index contributed by atoms with van der Waals surface area (Å²) in [6.45, 7) is 13.3. The van der Waals surface area contributed by atoms with Gasteiger partial charge in [0, 0.05) is 16.0 Å². The standard InChI is InChI=1S/C18H31O4PS/c1-9-21-23(20,22-10-2)24-13-11-14(17(3,4)5)16(19)15(12-13)18(6,7)8/h11-12,19H,9-10H2,1-8H3. The Balaban J connectivity index is 3.46. The Morgan fingerprint density at radius 2 is 1.33 bits per heavy atom. The second-order valence-electron chi connectivity index (χ2n) is 7.74. The van der Waals surface area contributed by atoms with E-state index in [1.54, 1.807) is 13.8 Å². The van der Waals surface area contributed by atoms with Crippen LogP contribution in [0.5, 0.6) is 5.75 Å². The van der Waals surface area contributed by atoms with Crippen LogP contribution in [0.4, 0.5) is 0 Å². The van der Waals surface area contributed by atoms with E-state index >= 15 is 0 Å². The predicted octanol–water partition coefficient (Wildman–Crippen LogP) is 6.26. The highest BCUT2D eigenvalue weighted by molar-refractivity contribution is 8.55. The van der Waals surface area contributed by atoms with Crippen molar-refractivity contribution in [2.24, 2.45) is 0 Å². The molecule has 0 aromatic heterocycles. The molecule has 1 N–H and O–H groups in total. The van der Waals surface area contributed by atoms with E-state index in [1.807, 2.05) is 53.7 Å². The van der Waals surface area contributed by atoms with Gasteiger partial charge in [0.05, 0.1) is 13.2 Å². The maximum absolute atomic E-state index is 12.8. The number of aromatic hydroxyl groups is 1. The molecule has 138 valence electrons. The van der Waals surface area contributed by atoms with Gasteiger partial charge in [0.15, 0.2) is 0 Å². The molecule has 24 heavy (non-hydrogen) atoms. The first-order valence-electron chi connectivity index (χ1n) is 8.30. The van der Waals surface area contributed by atoms with Gasteiger partial charge < -0.3 is 14.2 Å². The van der Waals surface area contributed by atoms with Crippen LogP contribution in [0.3, 0.4) is 0 Å². The minimum atomic E-state index is -3.27. The van der Waals surface area contributed by atoms with E-state index in [9.17, 15) is 9.67 Å². The van der Waals surface area contributed by atoms with Crippen molar-refractivity contribution in [3.05, 3.63) is 23.3 Å². The van der Waals surface area contributed by atoms with Crippen molar-refractivity contribution in [2.75, 3.05) is 13.2 Å². The van der Waals surface area contributed by atoms with E-state index in [4.69, 9.17) is 9.05 Å². The first-order valence-corrected chi connectivity index (χ1v) is 11.3. The molecule has 0 radical (unpaired) electrons. The summed E-state index contributed by atoms with van der Waals surface area (Å²) in [6.07, 6.45) is 0. The molecule has 0 heterocycles. The molecular formula is C18H31O4PS. The average molecular weight is 374 g/mol. The zero-order chi connectivity index (χ0) is 18.8. The van der Waals surface area contributed by atoms with Crippen molar-refractivity contribution in [1.82, 2.24) is 0 Å². The van der Waals surface area contributed by atoms with E-state index in [-0.39, 0.29) is 10.8 Å². The Morgan fingerprint density at radius 3 is 1.62 bits per heavy atom. The number of phenolic OH excluding ortho intramolecular Hbond substituents is 1. The first-order chi connectivity index (χ1) is 10.8. The van der Waals surface area contributed by atoms with E-state index in [2.05, 4.69) is 0 Å². The van der Waals surface area contributed by atoms with Crippen LogP contribution >= 0.6 is 18.2 Å². The number of rotatable bonds is 6. The molecule has 0 aliphatic carbocycles. The fourth-order valence-corrected chi connectivity index (χ4v) is 5.79. The van der Waals surface area contributed by atoms with Gasteiger partial charge in [0.1, 0.15) is 5.75 Å². The van der Waals surface area contributed by atoms with Gasteiger partial charge in [-0.3, -0.25) is 0 Å². The van der Waals surface area contributed by atoms with Crippen LogP contribution in [0.15, 0.2) is 17.0 Å². The third-order valence-corrected chi connectivity index (χ3v) is 7.25. The Morgan fingerprint density at radius 1 is 0.958 bits per heavy atom.